The maximum absolute atomic E-state index is 14.8. The molecule has 152 valence electrons. The second-order valence-electron chi connectivity index (χ2n) is 8.12. The summed E-state index contributed by atoms with van der Waals surface area (Å²) in [7, 11) is 0. The van der Waals surface area contributed by atoms with Crippen LogP contribution in [0.25, 0.3) is 0 Å². The van der Waals surface area contributed by atoms with E-state index < -0.39 is 12.6 Å². The zero-order chi connectivity index (χ0) is 20.5. The first kappa shape index (κ1) is 20.7. The summed E-state index contributed by atoms with van der Waals surface area (Å²) in [6, 6.07) is 11.2. The van der Waals surface area contributed by atoms with Gasteiger partial charge in [0, 0.05) is 30.0 Å². The minimum absolute atomic E-state index is 0.0222. The van der Waals surface area contributed by atoms with E-state index in [1.165, 1.54) is 18.2 Å². The van der Waals surface area contributed by atoms with Crippen molar-refractivity contribution >= 4 is 5.69 Å². The number of hydrogen-bond donors (Lipinski definition) is 0. The second kappa shape index (κ2) is 8.14. The average Bonchev–Trinajstić information content (AvgIpc) is 2.68. The number of nitrogens with zero attached hydrogens (tertiary/aromatic N) is 1. The van der Waals surface area contributed by atoms with Crippen LogP contribution in [0.15, 0.2) is 42.5 Å². The summed E-state index contributed by atoms with van der Waals surface area (Å²) in [4.78, 5) is 2.00. The molecule has 1 aliphatic rings. The molecule has 1 heterocycles. The summed E-state index contributed by atoms with van der Waals surface area (Å²) in [5.41, 5.74) is 1.82. The summed E-state index contributed by atoms with van der Waals surface area (Å²) in [5, 5.41) is 0. The molecule has 2 unspecified atom stereocenters. The van der Waals surface area contributed by atoms with E-state index in [9.17, 15) is 17.6 Å². The third-order valence-corrected chi connectivity index (χ3v) is 6.36. The Kier molecular flexibility index (Phi) is 6.01. The van der Waals surface area contributed by atoms with Crippen molar-refractivity contribution in [2.45, 2.75) is 52.1 Å². The van der Waals surface area contributed by atoms with E-state index in [2.05, 4.69) is 0 Å². The second-order valence-corrected chi connectivity index (χ2v) is 8.12. The molecule has 1 fully saturated rings. The third-order valence-electron chi connectivity index (χ3n) is 6.36. The van der Waals surface area contributed by atoms with Crippen LogP contribution in [-0.2, 0) is 0 Å². The van der Waals surface area contributed by atoms with Crippen molar-refractivity contribution in [1.29, 1.82) is 0 Å². The quantitative estimate of drug-likeness (QED) is 0.501. The predicted octanol–water partition coefficient (Wildman–Crippen LogP) is 6.88. The number of benzene rings is 2. The Morgan fingerprint density at radius 3 is 2.00 bits per heavy atom. The third kappa shape index (κ3) is 4.03. The largest absolute Gasteiger partial charge is 0.369 e. The van der Waals surface area contributed by atoms with E-state index in [0.717, 1.165) is 11.1 Å². The zero-order valence-electron chi connectivity index (χ0n) is 16.6. The average molecular weight is 393 g/mol. The van der Waals surface area contributed by atoms with E-state index in [0.29, 0.717) is 31.6 Å². The molecule has 2 aromatic carbocycles. The summed E-state index contributed by atoms with van der Waals surface area (Å²) in [5.74, 6) is -0.448. The maximum Gasteiger partial charge on any atom is 0.263 e. The molecule has 0 saturated carbocycles. The van der Waals surface area contributed by atoms with Crippen LogP contribution in [0, 0.1) is 11.2 Å². The Morgan fingerprint density at radius 1 is 0.893 bits per heavy atom. The summed E-state index contributed by atoms with van der Waals surface area (Å²) >= 11 is 0. The maximum atomic E-state index is 14.8. The minimum Gasteiger partial charge on any atom is -0.369 e. The van der Waals surface area contributed by atoms with Gasteiger partial charge in [-0.15, -0.1) is 0 Å². The lowest BCUT2D eigenvalue weighted by Gasteiger charge is -2.42. The number of halogens is 4. The number of rotatable bonds is 5. The van der Waals surface area contributed by atoms with Gasteiger partial charge in [0.05, 0.1) is 5.69 Å². The molecule has 28 heavy (non-hydrogen) atoms. The summed E-state index contributed by atoms with van der Waals surface area (Å²) in [6.45, 7) is 6.68. The van der Waals surface area contributed by atoms with E-state index in [-0.39, 0.29) is 22.7 Å². The highest BCUT2D eigenvalue weighted by molar-refractivity contribution is 5.58. The number of anilines is 1. The Labute approximate surface area is 164 Å². The van der Waals surface area contributed by atoms with Gasteiger partial charge in [-0.2, -0.15) is 0 Å². The molecule has 0 N–H and O–H groups in total. The van der Waals surface area contributed by atoms with Crippen LogP contribution in [0.2, 0.25) is 0 Å². The lowest BCUT2D eigenvalue weighted by atomic mass is 9.76. The van der Waals surface area contributed by atoms with Gasteiger partial charge in [0.1, 0.15) is 12.0 Å². The minimum atomic E-state index is -2.50. The Morgan fingerprint density at radius 2 is 1.46 bits per heavy atom. The number of hydrogen-bond acceptors (Lipinski definition) is 1. The SMILES string of the molecule is CC(c1ccc(C(F)F)cc1)c1cccc(F)c1N1CCC(C)(C(C)F)CC1. The van der Waals surface area contributed by atoms with Crippen molar-refractivity contribution in [3.8, 4) is 0 Å². The highest BCUT2D eigenvalue weighted by atomic mass is 19.3. The van der Waals surface area contributed by atoms with Crippen LogP contribution >= 0.6 is 0 Å². The topological polar surface area (TPSA) is 3.24 Å². The van der Waals surface area contributed by atoms with E-state index in [1.807, 2.05) is 24.8 Å². The molecule has 0 amide bonds. The highest BCUT2D eigenvalue weighted by Crippen LogP contribution is 2.41. The molecule has 0 radical (unpaired) electrons. The summed E-state index contributed by atoms with van der Waals surface area (Å²) in [6.07, 6.45) is -2.08. The zero-order valence-corrected chi connectivity index (χ0v) is 16.6. The fourth-order valence-electron chi connectivity index (χ4n) is 3.96. The summed E-state index contributed by atoms with van der Waals surface area (Å²) < 4.78 is 54.4. The molecular weight excluding hydrogens is 366 g/mol. The van der Waals surface area contributed by atoms with Crippen LogP contribution in [0.5, 0.6) is 0 Å². The van der Waals surface area contributed by atoms with Gasteiger partial charge in [-0.1, -0.05) is 50.2 Å². The van der Waals surface area contributed by atoms with Crippen molar-refractivity contribution in [3.05, 3.63) is 65.0 Å². The molecule has 1 nitrogen and oxygen atoms in total. The lowest BCUT2D eigenvalue weighted by molar-refractivity contribution is 0.107. The van der Waals surface area contributed by atoms with E-state index >= 15 is 0 Å². The van der Waals surface area contributed by atoms with Crippen molar-refractivity contribution in [3.63, 3.8) is 0 Å². The fraction of sp³-hybridized carbons (Fsp3) is 0.478. The van der Waals surface area contributed by atoms with Crippen LogP contribution in [0.1, 0.15) is 62.6 Å². The van der Waals surface area contributed by atoms with Crippen LogP contribution < -0.4 is 4.90 Å². The Balaban J connectivity index is 1.88. The molecule has 1 saturated heterocycles. The van der Waals surface area contributed by atoms with Crippen molar-refractivity contribution in [2.24, 2.45) is 5.41 Å². The van der Waals surface area contributed by atoms with Gasteiger partial charge in [0.15, 0.2) is 0 Å². The first-order valence-electron chi connectivity index (χ1n) is 9.78. The number of para-hydroxylation sites is 1. The van der Waals surface area contributed by atoms with E-state index in [4.69, 9.17) is 0 Å². The number of piperidine rings is 1. The van der Waals surface area contributed by atoms with Gasteiger partial charge in [-0.3, -0.25) is 0 Å². The van der Waals surface area contributed by atoms with Crippen LogP contribution in [0.4, 0.5) is 23.2 Å². The standard InChI is InChI=1S/C23H27F4N/c1-15(17-7-9-18(10-8-17)22(26)27)19-5-4-6-20(25)21(19)28-13-11-23(3,12-14-28)16(2)24/h4-10,15-16,22H,11-14H2,1-3H3. The Bertz CT molecular complexity index is 793. The van der Waals surface area contributed by atoms with Gasteiger partial charge >= 0.3 is 0 Å². The monoisotopic (exact) mass is 393 g/mol. The molecular formula is C23H27F4N. The predicted molar refractivity (Wildman–Crippen MR) is 105 cm³/mol. The molecule has 2 aromatic rings. The van der Waals surface area contributed by atoms with Crippen LogP contribution in [0.3, 0.4) is 0 Å². The molecule has 0 spiro atoms. The molecule has 2 atom stereocenters. The molecule has 0 aromatic heterocycles. The smallest absolute Gasteiger partial charge is 0.263 e. The molecule has 3 rings (SSSR count). The van der Waals surface area contributed by atoms with Gasteiger partial charge in [0.2, 0.25) is 0 Å². The normalized spacial score (nSPS) is 18.9. The van der Waals surface area contributed by atoms with Crippen molar-refractivity contribution < 1.29 is 17.6 Å². The van der Waals surface area contributed by atoms with E-state index in [1.54, 1.807) is 25.1 Å². The van der Waals surface area contributed by atoms with Crippen molar-refractivity contribution in [1.82, 2.24) is 0 Å². The van der Waals surface area contributed by atoms with Gasteiger partial charge < -0.3 is 4.90 Å². The molecule has 0 aliphatic carbocycles. The van der Waals surface area contributed by atoms with Gasteiger partial charge in [0.25, 0.3) is 6.43 Å². The first-order chi connectivity index (χ1) is 13.2. The first-order valence-corrected chi connectivity index (χ1v) is 9.78. The number of alkyl halides is 3. The fourth-order valence-corrected chi connectivity index (χ4v) is 3.96. The Hall–Kier alpha value is -2.04. The lowest BCUT2D eigenvalue weighted by Crippen LogP contribution is -2.43. The molecule has 5 heteroatoms. The van der Waals surface area contributed by atoms with Gasteiger partial charge in [-0.05, 0) is 37.0 Å². The van der Waals surface area contributed by atoms with Crippen molar-refractivity contribution in [2.75, 3.05) is 18.0 Å². The van der Waals surface area contributed by atoms with Crippen LogP contribution in [-0.4, -0.2) is 19.3 Å². The molecule has 0 bridgehead atoms. The molecule has 1 aliphatic heterocycles. The highest BCUT2D eigenvalue weighted by Gasteiger charge is 2.36. The van der Waals surface area contributed by atoms with Gasteiger partial charge in [-0.25, -0.2) is 17.6 Å².